The van der Waals surface area contributed by atoms with Crippen molar-refractivity contribution in [2.75, 3.05) is 0 Å². The fourth-order valence-electron chi connectivity index (χ4n) is 2.70. The SMILES string of the molecule is NC(=O)c1c(CC(F)(F)F)c(-c2ccc(Cl)nc2)nc2c(Cl)cccc12. The van der Waals surface area contributed by atoms with Crippen LogP contribution in [0.1, 0.15) is 15.9 Å². The van der Waals surface area contributed by atoms with Crippen molar-refractivity contribution in [3.05, 3.63) is 57.8 Å². The van der Waals surface area contributed by atoms with Crippen LogP contribution in [0.3, 0.4) is 0 Å². The van der Waals surface area contributed by atoms with Gasteiger partial charge in [-0.3, -0.25) is 4.79 Å². The highest BCUT2D eigenvalue weighted by molar-refractivity contribution is 6.35. The first-order valence-electron chi connectivity index (χ1n) is 7.27. The Labute approximate surface area is 155 Å². The van der Waals surface area contributed by atoms with Crippen molar-refractivity contribution >= 4 is 40.0 Å². The predicted octanol–water partition coefficient (Wildman–Crippen LogP) is 4.81. The first-order chi connectivity index (χ1) is 12.2. The summed E-state index contributed by atoms with van der Waals surface area (Å²) >= 11 is 11.9. The molecule has 0 atom stereocenters. The number of carbonyl (C=O) groups is 1. The average Bonchev–Trinajstić information content (AvgIpc) is 2.54. The third-order valence-electron chi connectivity index (χ3n) is 3.69. The molecule has 0 unspecified atom stereocenters. The number of carbonyl (C=O) groups excluding carboxylic acids is 1. The number of fused-ring (bicyclic) bond motifs is 1. The van der Waals surface area contributed by atoms with Crippen LogP contribution in [0.15, 0.2) is 36.5 Å². The van der Waals surface area contributed by atoms with Gasteiger partial charge in [0.25, 0.3) is 0 Å². The number of primary amides is 1. The van der Waals surface area contributed by atoms with Gasteiger partial charge in [-0.05, 0) is 18.2 Å². The van der Waals surface area contributed by atoms with E-state index in [0.29, 0.717) is 0 Å². The number of alkyl halides is 3. The number of halogens is 5. The molecular formula is C17H10Cl2F3N3O. The van der Waals surface area contributed by atoms with Gasteiger partial charge in [0.15, 0.2) is 0 Å². The summed E-state index contributed by atoms with van der Waals surface area (Å²) in [6.07, 6.45) is -4.68. The number of hydrogen-bond donors (Lipinski definition) is 1. The molecule has 0 radical (unpaired) electrons. The topological polar surface area (TPSA) is 68.9 Å². The normalized spacial score (nSPS) is 11.7. The second-order valence-corrected chi connectivity index (χ2v) is 6.27. The summed E-state index contributed by atoms with van der Waals surface area (Å²) in [7, 11) is 0. The molecule has 2 heterocycles. The molecule has 3 rings (SSSR count). The third-order valence-corrected chi connectivity index (χ3v) is 4.22. The highest BCUT2D eigenvalue weighted by Gasteiger charge is 2.33. The molecule has 0 fully saturated rings. The maximum atomic E-state index is 13.2. The summed E-state index contributed by atoms with van der Waals surface area (Å²) in [4.78, 5) is 20.2. The van der Waals surface area contributed by atoms with Crippen molar-refractivity contribution in [3.8, 4) is 11.3 Å². The summed E-state index contributed by atoms with van der Waals surface area (Å²) in [5.41, 5.74) is 5.19. The zero-order chi connectivity index (χ0) is 19.1. The number of pyridine rings is 2. The minimum absolute atomic E-state index is 0.0686. The molecule has 0 spiro atoms. The van der Waals surface area contributed by atoms with Gasteiger partial charge in [-0.25, -0.2) is 9.97 Å². The van der Waals surface area contributed by atoms with Gasteiger partial charge in [-0.1, -0.05) is 35.3 Å². The van der Waals surface area contributed by atoms with Gasteiger partial charge in [0.2, 0.25) is 5.91 Å². The minimum atomic E-state index is -4.58. The molecule has 0 saturated carbocycles. The lowest BCUT2D eigenvalue weighted by molar-refractivity contribution is -0.127. The maximum Gasteiger partial charge on any atom is 0.393 e. The molecule has 1 aromatic carbocycles. The molecule has 0 saturated heterocycles. The molecule has 9 heteroatoms. The van der Waals surface area contributed by atoms with Gasteiger partial charge >= 0.3 is 6.18 Å². The zero-order valence-corrected chi connectivity index (χ0v) is 14.5. The van der Waals surface area contributed by atoms with E-state index in [0.717, 1.165) is 0 Å². The molecule has 4 nitrogen and oxygen atoms in total. The maximum absolute atomic E-state index is 13.2. The van der Waals surface area contributed by atoms with Crippen LogP contribution in [0.2, 0.25) is 10.2 Å². The quantitative estimate of drug-likeness (QED) is 0.642. The predicted molar refractivity (Wildman–Crippen MR) is 93.3 cm³/mol. The van der Waals surface area contributed by atoms with Crippen molar-refractivity contribution in [3.63, 3.8) is 0 Å². The van der Waals surface area contributed by atoms with E-state index < -0.39 is 18.5 Å². The van der Waals surface area contributed by atoms with Gasteiger partial charge in [-0.2, -0.15) is 13.2 Å². The lowest BCUT2D eigenvalue weighted by Crippen LogP contribution is -2.21. The fraction of sp³-hybridized carbons (Fsp3) is 0.118. The lowest BCUT2D eigenvalue weighted by atomic mass is 9.94. The van der Waals surface area contributed by atoms with Crippen LogP contribution in [0.5, 0.6) is 0 Å². The molecule has 134 valence electrons. The monoisotopic (exact) mass is 399 g/mol. The van der Waals surface area contributed by atoms with Crippen molar-refractivity contribution in [2.45, 2.75) is 12.6 Å². The molecule has 0 bridgehead atoms. The zero-order valence-electron chi connectivity index (χ0n) is 12.9. The molecule has 2 N–H and O–H groups in total. The highest BCUT2D eigenvalue weighted by Crippen LogP contribution is 2.36. The molecule has 0 aliphatic heterocycles. The highest BCUT2D eigenvalue weighted by atomic mass is 35.5. The Bertz CT molecular complexity index is 1000. The Hall–Kier alpha value is -2.38. The Kier molecular flexibility index (Phi) is 4.77. The van der Waals surface area contributed by atoms with E-state index in [-0.39, 0.29) is 43.5 Å². The second-order valence-electron chi connectivity index (χ2n) is 5.48. The van der Waals surface area contributed by atoms with E-state index in [4.69, 9.17) is 28.9 Å². The standard InChI is InChI=1S/C17H10Cl2F3N3O/c18-11-3-1-2-9-13(16(23)26)10(6-17(20,21)22)14(25-15(9)11)8-4-5-12(19)24-7-8/h1-5,7H,6H2,(H2,23,26). The summed E-state index contributed by atoms with van der Waals surface area (Å²) in [6.45, 7) is 0. The Morgan fingerprint density at radius 3 is 2.46 bits per heavy atom. The van der Waals surface area contributed by atoms with Crippen LogP contribution < -0.4 is 5.73 Å². The van der Waals surface area contributed by atoms with Crippen molar-refractivity contribution < 1.29 is 18.0 Å². The number of nitrogens with two attached hydrogens (primary N) is 1. The number of benzene rings is 1. The first kappa shape index (κ1) is 18.4. The van der Waals surface area contributed by atoms with Gasteiger partial charge < -0.3 is 5.73 Å². The summed E-state index contributed by atoms with van der Waals surface area (Å²) in [6, 6.07) is 7.37. The Morgan fingerprint density at radius 2 is 1.88 bits per heavy atom. The van der Waals surface area contributed by atoms with Crippen LogP contribution in [-0.2, 0) is 6.42 Å². The van der Waals surface area contributed by atoms with E-state index >= 15 is 0 Å². The average molecular weight is 400 g/mol. The van der Waals surface area contributed by atoms with Gasteiger partial charge in [0, 0.05) is 22.7 Å². The van der Waals surface area contributed by atoms with E-state index in [1.54, 1.807) is 0 Å². The molecule has 2 aromatic heterocycles. The summed E-state index contributed by atoms with van der Waals surface area (Å²) < 4.78 is 39.5. The fourth-order valence-corrected chi connectivity index (χ4v) is 3.03. The number of nitrogens with zero attached hydrogens (tertiary/aromatic N) is 2. The van der Waals surface area contributed by atoms with E-state index in [2.05, 4.69) is 9.97 Å². The molecule has 0 aliphatic rings. The Balaban J connectivity index is 2.44. The molecule has 1 amide bonds. The molecule has 26 heavy (non-hydrogen) atoms. The van der Waals surface area contributed by atoms with Crippen LogP contribution in [0, 0.1) is 0 Å². The summed E-state index contributed by atoms with van der Waals surface area (Å²) in [5, 5.41) is 0.515. The van der Waals surface area contributed by atoms with Gasteiger partial charge in [-0.15, -0.1) is 0 Å². The van der Waals surface area contributed by atoms with Crippen LogP contribution >= 0.6 is 23.2 Å². The van der Waals surface area contributed by atoms with Crippen LogP contribution in [0.25, 0.3) is 22.2 Å². The van der Waals surface area contributed by atoms with Crippen molar-refractivity contribution in [2.24, 2.45) is 5.73 Å². The second kappa shape index (κ2) is 6.74. The summed E-state index contributed by atoms with van der Waals surface area (Å²) in [5.74, 6) is -0.998. The molecule has 0 aliphatic carbocycles. The minimum Gasteiger partial charge on any atom is -0.366 e. The number of para-hydroxylation sites is 1. The molecule has 3 aromatic rings. The first-order valence-corrected chi connectivity index (χ1v) is 8.02. The van der Waals surface area contributed by atoms with Gasteiger partial charge in [0.1, 0.15) is 5.15 Å². The third kappa shape index (κ3) is 3.59. The number of hydrogen-bond acceptors (Lipinski definition) is 3. The van der Waals surface area contributed by atoms with E-state index in [1.807, 2.05) is 0 Å². The van der Waals surface area contributed by atoms with Crippen LogP contribution in [-0.4, -0.2) is 22.1 Å². The van der Waals surface area contributed by atoms with Gasteiger partial charge in [0.05, 0.1) is 28.2 Å². The largest absolute Gasteiger partial charge is 0.393 e. The molecular weight excluding hydrogens is 390 g/mol. The number of rotatable bonds is 3. The lowest BCUT2D eigenvalue weighted by Gasteiger charge is -2.17. The van der Waals surface area contributed by atoms with Crippen molar-refractivity contribution in [1.29, 1.82) is 0 Å². The Morgan fingerprint density at radius 1 is 1.15 bits per heavy atom. The number of amides is 1. The number of aromatic nitrogens is 2. The van der Waals surface area contributed by atoms with Crippen LogP contribution in [0.4, 0.5) is 13.2 Å². The van der Waals surface area contributed by atoms with E-state index in [1.165, 1.54) is 36.5 Å². The van der Waals surface area contributed by atoms with Crippen molar-refractivity contribution in [1.82, 2.24) is 9.97 Å². The van der Waals surface area contributed by atoms with E-state index in [9.17, 15) is 18.0 Å². The smallest absolute Gasteiger partial charge is 0.366 e.